The molecule has 2 aliphatic rings. The van der Waals surface area contributed by atoms with Crippen LogP contribution < -0.4 is 15.5 Å². The van der Waals surface area contributed by atoms with E-state index in [0.717, 1.165) is 18.8 Å². The van der Waals surface area contributed by atoms with Gasteiger partial charge in [-0.25, -0.2) is 0 Å². The predicted octanol–water partition coefficient (Wildman–Crippen LogP) is 1.32. The molecule has 1 fully saturated rings. The first-order chi connectivity index (χ1) is 10.5. The van der Waals surface area contributed by atoms with Crippen molar-refractivity contribution in [1.29, 1.82) is 0 Å². The number of anilines is 2. The Bertz CT molecular complexity index is 622. The standard InChI is InChI=1S/C16H22N4O2.ClH/c1-10-9-17-6-7-20(10)16(22)12-4-5-14-13(8-12)18-15(21)11(2)19(14)3;/h4-5,8,10-11,17H,6-7,9H2,1-3H3,(H,18,21);1H/t10-,11?;/m0./s1. The van der Waals surface area contributed by atoms with Crippen LogP contribution in [0.1, 0.15) is 24.2 Å². The summed E-state index contributed by atoms with van der Waals surface area (Å²) in [6, 6.07) is 5.51. The van der Waals surface area contributed by atoms with Crippen LogP contribution in [0.2, 0.25) is 0 Å². The lowest BCUT2D eigenvalue weighted by Gasteiger charge is -2.35. The third-order valence-electron chi connectivity index (χ3n) is 4.60. The molecule has 2 aliphatic heterocycles. The molecular weight excluding hydrogens is 316 g/mol. The molecule has 0 bridgehead atoms. The second kappa shape index (κ2) is 6.76. The maximum Gasteiger partial charge on any atom is 0.254 e. The molecule has 0 radical (unpaired) electrons. The molecule has 0 saturated carbocycles. The molecule has 6 nitrogen and oxygen atoms in total. The molecule has 1 aromatic rings. The average Bonchev–Trinajstić information content (AvgIpc) is 2.52. The van der Waals surface area contributed by atoms with Crippen molar-refractivity contribution in [3.8, 4) is 0 Å². The van der Waals surface area contributed by atoms with Gasteiger partial charge in [0.2, 0.25) is 5.91 Å². The maximum absolute atomic E-state index is 12.7. The number of rotatable bonds is 1. The number of likely N-dealkylation sites (N-methyl/N-ethyl adjacent to an activating group) is 1. The molecule has 0 spiro atoms. The molecule has 2 heterocycles. The summed E-state index contributed by atoms with van der Waals surface area (Å²) in [5.41, 5.74) is 2.27. The summed E-state index contributed by atoms with van der Waals surface area (Å²) >= 11 is 0. The monoisotopic (exact) mass is 338 g/mol. The maximum atomic E-state index is 12.7. The van der Waals surface area contributed by atoms with Gasteiger partial charge in [-0.15, -0.1) is 12.4 Å². The zero-order valence-electron chi connectivity index (χ0n) is 13.6. The Hall–Kier alpha value is -1.79. The van der Waals surface area contributed by atoms with Gasteiger partial charge >= 0.3 is 0 Å². The number of piperazine rings is 1. The Labute approximate surface area is 142 Å². The van der Waals surface area contributed by atoms with E-state index in [0.29, 0.717) is 17.8 Å². The molecule has 126 valence electrons. The van der Waals surface area contributed by atoms with Crippen LogP contribution in [0.25, 0.3) is 0 Å². The SMILES string of the molecule is CC1C(=O)Nc2cc(C(=O)N3CCNC[C@@H]3C)ccc2N1C.Cl. The van der Waals surface area contributed by atoms with E-state index in [1.807, 2.05) is 42.8 Å². The quantitative estimate of drug-likeness (QED) is 0.810. The van der Waals surface area contributed by atoms with E-state index >= 15 is 0 Å². The average molecular weight is 339 g/mol. The lowest BCUT2D eigenvalue weighted by molar-refractivity contribution is -0.117. The van der Waals surface area contributed by atoms with E-state index in [-0.39, 0.29) is 36.3 Å². The second-order valence-electron chi connectivity index (χ2n) is 6.06. The minimum absolute atomic E-state index is 0. The smallest absolute Gasteiger partial charge is 0.254 e. The molecule has 1 unspecified atom stereocenters. The Morgan fingerprint density at radius 3 is 2.74 bits per heavy atom. The molecule has 1 saturated heterocycles. The van der Waals surface area contributed by atoms with E-state index in [2.05, 4.69) is 10.6 Å². The van der Waals surface area contributed by atoms with Gasteiger partial charge in [0.25, 0.3) is 5.91 Å². The first kappa shape index (κ1) is 17.6. The van der Waals surface area contributed by atoms with Gasteiger partial charge in [-0.3, -0.25) is 9.59 Å². The van der Waals surface area contributed by atoms with Crippen molar-refractivity contribution in [1.82, 2.24) is 10.2 Å². The third kappa shape index (κ3) is 3.14. The number of halogens is 1. The van der Waals surface area contributed by atoms with Gasteiger partial charge in [0.1, 0.15) is 6.04 Å². The van der Waals surface area contributed by atoms with Crippen molar-refractivity contribution in [2.24, 2.45) is 0 Å². The Balaban J connectivity index is 0.00000192. The highest BCUT2D eigenvalue weighted by atomic mass is 35.5. The first-order valence-corrected chi connectivity index (χ1v) is 7.68. The van der Waals surface area contributed by atoms with E-state index < -0.39 is 0 Å². The molecule has 2 N–H and O–H groups in total. The fourth-order valence-corrected chi connectivity index (χ4v) is 3.01. The van der Waals surface area contributed by atoms with Gasteiger partial charge in [-0.2, -0.15) is 0 Å². The van der Waals surface area contributed by atoms with Gasteiger partial charge in [0.15, 0.2) is 0 Å². The highest BCUT2D eigenvalue weighted by molar-refractivity contribution is 6.05. The zero-order valence-corrected chi connectivity index (χ0v) is 14.4. The summed E-state index contributed by atoms with van der Waals surface area (Å²) in [5, 5.41) is 6.17. The van der Waals surface area contributed by atoms with Crippen LogP contribution >= 0.6 is 12.4 Å². The van der Waals surface area contributed by atoms with Crippen molar-refractivity contribution in [2.45, 2.75) is 25.9 Å². The fraction of sp³-hybridized carbons (Fsp3) is 0.500. The van der Waals surface area contributed by atoms with Crippen LogP contribution in [0.15, 0.2) is 18.2 Å². The van der Waals surface area contributed by atoms with Gasteiger partial charge in [0.05, 0.1) is 11.4 Å². The van der Waals surface area contributed by atoms with Crippen LogP contribution in [0.4, 0.5) is 11.4 Å². The molecule has 2 amide bonds. The van der Waals surface area contributed by atoms with Gasteiger partial charge < -0.3 is 20.4 Å². The molecule has 23 heavy (non-hydrogen) atoms. The summed E-state index contributed by atoms with van der Waals surface area (Å²) in [7, 11) is 1.89. The summed E-state index contributed by atoms with van der Waals surface area (Å²) in [4.78, 5) is 28.5. The summed E-state index contributed by atoms with van der Waals surface area (Å²) < 4.78 is 0. The molecule has 0 aliphatic carbocycles. The highest BCUT2D eigenvalue weighted by Crippen LogP contribution is 2.32. The van der Waals surface area contributed by atoms with Crippen molar-refractivity contribution < 1.29 is 9.59 Å². The number of carbonyl (C=O) groups excluding carboxylic acids is 2. The van der Waals surface area contributed by atoms with E-state index in [4.69, 9.17) is 0 Å². The number of hydrogen-bond acceptors (Lipinski definition) is 4. The molecule has 2 atom stereocenters. The molecule has 1 aromatic carbocycles. The summed E-state index contributed by atoms with van der Waals surface area (Å²) in [5.74, 6) is -0.0255. The number of nitrogens with one attached hydrogen (secondary N) is 2. The van der Waals surface area contributed by atoms with Crippen molar-refractivity contribution in [2.75, 3.05) is 36.9 Å². The molecule has 3 rings (SSSR count). The summed E-state index contributed by atoms with van der Waals surface area (Å²) in [6.07, 6.45) is 0. The van der Waals surface area contributed by atoms with Gasteiger partial charge in [0, 0.05) is 38.3 Å². The van der Waals surface area contributed by atoms with E-state index in [1.165, 1.54) is 0 Å². The van der Waals surface area contributed by atoms with Crippen molar-refractivity contribution >= 4 is 35.6 Å². The molecule has 7 heteroatoms. The normalized spacial score (nSPS) is 23.7. The molecular formula is C16H23ClN4O2. The number of benzene rings is 1. The van der Waals surface area contributed by atoms with Crippen LogP contribution in [0, 0.1) is 0 Å². The van der Waals surface area contributed by atoms with Gasteiger partial charge in [-0.1, -0.05) is 0 Å². The lowest BCUT2D eigenvalue weighted by atomic mass is 10.1. The Morgan fingerprint density at radius 1 is 1.30 bits per heavy atom. The van der Waals surface area contributed by atoms with Crippen LogP contribution in [-0.4, -0.2) is 55.5 Å². The summed E-state index contributed by atoms with van der Waals surface area (Å²) in [6.45, 7) is 6.24. The van der Waals surface area contributed by atoms with Crippen LogP contribution in [0.3, 0.4) is 0 Å². The largest absolute Gasteiger partial charge is 0.361 e. The van der Waals surface area contributed by atoms with Crippen LogP contribution in [0.5, 0.6) is 0 Å². The number of amides is 2. The third-order valence-corrected chi connectivity index (χ3v) is 4.60. The Morgan fingerprint density at radius 2 is 2.04 bits per heavy atom. The second-order valence-corrected chi connectivity index (χ2v) is 6.06. The van der Waals surface area contributed by atoms with E-state index in [9.17, 15) is 9.59 Å². The number of nitrogens with zero attached hydrogens (tertiary/aromatic N) is 2. The highest BCUT2D eigenvalue weighted by Gasteiger charge is 2.29. The molecule has 0 aromatic heterocycles. The fourth-order valence-electron chi connectivity index (χ4n) is 3.01. The number of fused-ring (bicyclic) bond motifs is 1. The number of hydrogen-bond donors (Lipinski definition) is 2. The van der Waals surface area contributed by atoms with Gasteiger partial charge in [-0.05, 0) is 32.0 Å². The zero-order chi connectivity index (χ0) is 15.9. The Kier molecular flexibility index (Phi) is 5.16. The number of carbonyl (C=O) groups is 2. The van der Waals surface area contributed by atoms with E-state index in [1.54, 1.807) is 6.07 Å². The topological polar surface area (TPSA) is 64.7 Å². The minimum atomic E-state index is -0.206. The van der Waals surface area contributed by atoms with Crippen LogP contribution in [-0.2, 0) is 4.79 Å². The van der Waals surface area contributed by atoms with Crippen molar-refractivity contribution in [3.05, 3.63) is 23.8 Å². The lowest BCUT2D eigenvalue weighted by Crippen LogP contribution is -2.52. The predicted molar refractivity (Wildman–Crippen MR) is 93.6 cm³/mol. The van der Waals surface area contributed by atoms with Crippen molar-refractivity contribution in [3.63, 3.8) is 0 Å². The minimum Gasteiger partial charge on any atom is -0.361 e. The first-order valence-electron chi connectivity index (χ1n) is 7.68.